The molecule has 0 aliphatic heterocycles. The average Bonchev–Trinajstić information content (AvgIpc) is 1.65. The van der Waals surface area contributed by atoms with Crippen molar-refractivity contribution in [2.45, 2.75) is 71.7 Å². The number of carbonyl (C=O) groups excluding carboxylic acids is 1. The molecule has 0 unspecified atom stereocenters. The first-order valence-electron chi connectivity index (χ1n) is 31.3. The number of nitrogen functional groups attached to an aromatic ring is 1. The molecule has 9 heterocycles. The lowest BCUT2D eigenvalue weighted by atomic mass is 10.1. The highest BCUT2D eigenvalue weighted by atomic mass is 32.1. The van der Waals surface area contributed by atoms with Gasteiger partial charge >= 0.3 is 24.7 Å². The molecule has 0 aliphatic carbocycles. The van der Waals surface area contributed by atoms with Crippen LogP contribution in [0.15, 0.2) is 215 Å². The Labute approximate surface area is 585 Å². The molecule has 0 radical (unpaired) electrons. The molecule has 1 amide bonds. The molecule has 528 valence electrons. The summed E-state index contributed by atoms with van der Waals surface area (Å²) in [6.45, 7) is 6.68. The molecule has 0 atom stereocenters. The van der Waals surface area contributed by atoms with E-state index >= 15 is 0 Å². The number of aromatic nitrogens is 11. The molecule has 9 aromatic heterocycles. The van der Waals surface area contributed by atoms with Gasteiger partial charge in [-0.15, -0.1) is 11.3 Å². The number of para-hydroxylation sites is 3. The number of nitrogens with one attached hydrogen (secondary N) is 1. The molecule has 15 aromatic rings. The molecule has 0 saturated heterocycles. The van der Waals surface area contributed by atoms with E-state index in [0.717, 1.165) is 115 Å². The van der Waals surface area contributed by atoms with Gasteiger partial charge in [-0.2, -0.15) is 78.3 Å². The van der Waals surface area contributed by atoms with E-state index in [-0.39, 0.29) is 24.8 Å². The Kier molecular flexibility index (Phi) is 20.1. The Morgan fingerprint density at radius 1 is 0.510 bits per heavy atom. The minimum atomic E-state index is -4.48. The Hall–Kier alpha value is -12.4. The number of benzene rings is 6. The third kappa shape index (κ3) is 16.2. The van der Waals surface area contributed by atoms with Crippen LogP contribution >= 0.6 is 11.3 Å². The third-order valence-electron chi connectivity index (χ3n) is 16.3. The molecular weight excluding hydrogens is 1390 g/mol. The summed E-state index contributed by atoms with van der Waals surface area (Å²) < 4.78 is 170. The zero-order valence-electron chi connectivity index (χ0n) is 54.6. The van der Waals surface area contributed by atoms with E-state index < -0.39 is 47.2 Å². The van der Waals surface area contributed by atoms with Gasteiger partial charge in [-0.05, 0) is 140 Å². The maximum Gasteiger partial charge on any atom is 0.433 e. The lowest BCUT2D eigenvalue weighted by Gasteiger charge is -2.08. The van der Waals surface area contributed by atoms with Crippen LogP contribution in [0.2, 0.25) is 0 Å². The maximum absolute atomic E-state index is 12.7. The topological polar surface area (TPSA) is 215 Å². The number of nitrogens with two attached hydrogens (primary N) is 1. The summed E-state index contributed by atoms with van der Waals surface area (Å²) in [7, 11) is 0. The number of rotatable bonds is 12. The molecule has 30 heteroatoms. The fraction of sp³-hybridized carbons (Fsp3) is 0.149. The molecule has 0 aliphatic rings. The van der Waals surface area contributed by atoms with Crippen LogP contribution in [-0.4, -0.2) is 60.0 Å². The van der Waals surface area contributed by atoms with Crippen molar-refractivity contribution >= 4 is 72.5 Å². The van der Waals surface area contributed by atoms with Crippen molar-refractivity contribution < 1.29 is 66.3 Å². The van der Waals surface area contributed by atoms with Gasteiger partial charge in [-0.3, -0.25) is 33.5 Å². The third-order valence-corrected chi connectivity index (χ3v) is 17.2. The second kappa shape index (κ2) is 29.3. The molecule has 15 rings (SSSR count). The maximum atomic E-state index is 12.7. The highest BCUT2D eigenvalue weighted by Gasteiger charge is 2.34. The van der Waals surface area contributed by atoms with E-state index in [1.807, 2.05) is 111 Å². The molecule has 0 saturated carbocycles. The van der Waals surface area contributed by atoms with Crippen LogP contribution in [0, 0.1) is 32.1 Å². The van der Waals surface area contributed by atoms with Gasteiger partial charge in [0.2, 0.25) is 0 Å². The van der Waals surface area contributed by atoms with Gasteiger partial charge in [0, 0.05) is 39.5 Å². The van der Waals surface area contributed by atoms with Crippen molar-refractivity contribution in [2.75, 3.05) is 11.1 Å². The highest BCUT2D eigenvalue weighted by molar-refractivity contribution is 7.12. The normalized spacial score (nSPS) is 11.8. The zero-order chi connectivity index (χ0) is 73.8. The molecule has 104 heavy (non-hydrogen) atoms. The van der Waals surface area contributed by atoms with Crippen molar-refractivity contribution in [3.8, 4) is 28.8 Å². The fourth-order valence-corrected chi connectivity index (χ4v) is 11.8. The van der Waals surface area contributed by atoms with E-state index in [1.165, 1.54) is 53.9 Å². The van der Waals surface area contributed by atoms with E-state index in [0.29, 0.717) is 62.8 Å². The van der Waals surface area contributed by atoms with Gasteiger partial charge in [0.15, 0.2) is 17.4 Å². The number of thiazole rings is 1. The Bertz CT molecular complexity index is 5580. The van der Waals surface area contributed by atoms with Gasteiger partial charge < -0.3 is 19.9 Å². The van der Waals surface area contributed by atoms with Gasteiger partial charge in [0.1, 0.15) is 39.2 Å². The molecule has 0 bridgehead atoms. The SMILES string of the molecule is Cc1ccc(-c2nn(Cc3ccc(C(F)(F)F)cc3)c3ccccc23)o1.Cc1ncsc1C(=O)Nc1nn(Cc2ccc(C(F)(F)F)nc2)c2ccccc12.Cc1occc1-c1nn(Cc2ccc(C(F)(F)F)cc2)c2ccccc12.N#Cc1ccc2c(c1)c(N)nn2Cc1ccc(C(F)(F)F)nc1. The Morgan fingerprint density at radius 3 is 1.44 bits per heavy atom. The van der Waals surface area contributed by atoms with E-state index in [4.69, 9.17) is 24.9 Å². The number of pyridine rings is 2. The monoisotopic (exact) mass is 1450 g/mol. The number of hydrogen-bond acceptors (Lipinski definition) is 13. The quantitative estimate of drug-likeness (QED) is 0.109. The summed E-state index contributed by atoms with van der Waals surface area (Å²) in [5, 5.41) is 32.9. The molecule has 0 fully saturated rings. The molecule has 17 nitrogen and oxygen atoms in total. The standard InChI is InChI=1S/2C20H15F3N2O.C19H14F3N5OS.C15H10F3N5/c1-13-6-11-18(26-13)19-16-4-2-3-5-17(16)25(24-19)12-14-7-9-15(10-8-14)20(21,22)23;1-13-16(10-11-26-13)19-17-4-2-3-5-18(17)25(24-19)12-14-6-8-15(9-7-14)20(21,22)23;1-11-16(29-10-24-11)18(28)25-17-13-4-2-3-5-14(13)27(26-17)9-12-6-7-15(23-8-12)19(20,21)22;16-15(17,18)13-4-2-10(7-21-13)8-23-12-3-1-9(6-19)5-11(12)14(20)22-23/h2*2-11H,12H2,1H3;2-8,10H,9H2,1H3,(H,25,26,28);1-5,7H,8H2,(H2,20,22). The number of hydrogen-bond donors (Lipinski definition) is 2. The van der Waals surface area contributed by atoms with Crippen LogP contribution in [0.5, 0.6) is 0 Å². The number of alkyl halides is 12. The number of amides is 1. The van der Waals surface area contributed by atoms with Crippen molar-refractivity contribution in [3.63, 3.8) is 0 Å². The number of fused-ring (bicyclic) bond motifs is 4. The number of anilines is 2. The number of nitrogens with zero attached hydrogens (tertiary/aromatic N) is 12. The lowest BCUT2D eigenvalue weighted by Crippen LogP contribution is -2.13. The minimum absolute atomic E-state index is 0.209. The minimum Gasteiger partial charge on any atom is -0.469 e. The largest absolute Gasteiger partial charge is 0.469 e. The van der Waals surface area contributed by atoms with Crippen molar-refractivity contribution in [1.29, 1.82) is 5.26 Å². The van der Waals surface area contributed by atoms with Crippen LogP contribution in [-0.2, 0) is 50.9 Å². The van der Waals surface area contributed by atoms with E-state index in [1.54, 1.807) is 55.6 Å². The first kappa shape index (κ1) is 71.4. The van der Waals surface area contributed by atoms with Gasteiger partial charge in [0.05, 0.1) is 88.5 Å². The van der Waals surface area contributed by atoms with Gasteiger partial charge in [0.25, 0.3) is 5.91 Å². The van der Waals surface area contributed by atoms with E-state index in [2.05, 4.69) is 35.6 Å². The molecule has 3 N–H and O–H groups in total. The van der Waals surface area contributed by atoms with E-state index in [9.17, 15) is 57.5 Å². The fourth-order valence-electron chi connectivity index (χ4n) is 11.1. The van der Waals surface area contributed by atoms with Crippen LogP contribution in [0.1, 0.15) is 77.2 Å². The molecular formula is C74H54F12N14O3S. The number of aryl methyl sites for hydroxylation is 3. The van der Waals surface area contributed by atoms with Crippen LogP contribution < -0.4 is 11.1 Å². The summed E-state index contributed by atoms with van der Waals surface area (Å²) >= 11 is 1.24. The zero-order valence-corrected chi connectivity index (χ0v) is 55.4. The van der Waals surface area contributed by atoms with Gasteiger partial charge in [-0.25, -0.2) is 4.98 Å². The highest BCUT2D eigenvalue weighted by Crippen LogP contribution is 2.36. The second-order valence-electron chi connectivity index (χ2n) is 23.5. The van der Waals surface area contributed by atoms with Crippen molar-refractivity contribution in [1.82, 2.24) is 54.1 Å². The Balaban J connectivity index is 0.000000131. The summed E-state index contributed by atoms with van der Waals surface area (Å²) in [5.74, 6) is 2.56. The second-order valence-corrected chi connectivity index (χ2v) is 24.3. The van der Waals surface area contributed by atoms with Crippen molar-refractivity contribution in [2.24, 2.45) is 0 Å². The summed E-state index contributed by atoms with van der Waals surface area (Å²) in [6.07, 6.45) is -13.6. The predicted octanol–water partition coefficient (Wildman–Crippen LogP) is 18.8. The number of furan rings is 2. The van der Waals surface area contributed by atoms with Crippen LogP contribution in [0.3, 0.4) is 0 Å². The summed E-state index contributed by atoms with van der Waals surface area (Å²) in [6, 6.07) is 50.3. The van der Waals surface area contributed by atoms with Gasteiger partial charge in [-0.1, -0.05) is 84.9 Å². The first-order chi connectivity index (χ1) is 49.6. The predicted molar refractivity (Wildman–Crippen MR) is 366 cm³/mol. The average molecular weight is 1450 g/mol. The van der Waals surface area contributed by atoms with Crippen molar-refractivity contribution in [3.05, 3.63) is 279 Å². The summed E-state index contributed by atoms with van der Waals surface area (Å²) in [4.78, 5) is 24.0. The molecule has 6 aromatic carbocycles. The smallest absolute Gasteiger partial charge is 0.433 e. The molecule has 0 spiro atoms. The number of carbonyl (C=O) groups is 1. The number of nitriles is 1. The van der Waals surface area contributed by atoms with Crippen LogP contribution in [0.25, 0.3) is 66.3 Å². The lowest BCUT2D eigenvalue weighted by molar-refractivity contribution is -0.142. The Morgan fingerprint density at radius 2 is 0.981 bits per heavy atom. The first-order valence-corrected chi connectivity index (χ1v) is 32.2. The van der Waals surface area contributed by atoms with Crippen LogP contribution in [0.4, 0.5) is 64.3 Å². The summed E-state index contributed by atoms with van der Waals surface area (Å²) in [5.41, 5.74) is 13.6. The number of halogens is 12.